The molecule has 0 spiro atoms. The van der Waals surface area contributed by atoms with E-state index in [1.54, 1.807) is 31.4 Å². The fourth-order valence-corrected chi connectivity index (χ4v) is 3.35. The van der Waals surface area contributed by atoms with Crippen LogP contribution in [0.3, 0.4) is 0 Å². The summed E-state index contributed by atoms with van der Waals surface area (Å²) < 4.78 is 5.10. The number of ketones is 1. The Labute approximate surface area is 131 Å². The third-order valence-electron chi connectivity index (χ3n) is 3.69. The van der Waals surface area contributed by atoms with Crippen molar-refractivity contribution in [3.8, 4) is 5.75 Å². The highest BCUT2D eigenvalue weighted by atomic mass is 32.1. The topological polar surface area (TPSA) is 78.1 Å². The Balaban J connectivity index is 2.11. The van der Waals surface area contributed by atoms with E-state index >= 15 is 0 Å². The second kappa shape index (κ2) is 5.38. The van der Waals surface area contributed by atoms with Crippen molar-refractivity contribution in [1.82, 2.24) is 10.2 Å². The minimum atomic E-state index is -0.111. The van der Waals surface area contributed by atoms with Gasteiger partial charge in [-0.1, -0.05) is 0 Å². The molecule has 0 unspecified atom stereocenters. The van der Waals surface area contributed by atoms with Gasteiger partial charge in [-0.2, -0.15) is 5.10 Å². The minimum absolute atomic E-state index is 0.111. The zero-order valence-corrected chi connectivity index (χ0v) is 13.3. The number of anilines is 1. The number of hydrogen-bond donors (Lipinski definition) is 1. The van der Waals surface area contributed by atoms with Gasteiger partial charge in [0.1, 0.15) is 15.5 Å². The molecule has 0 amide bonds. The number of carbonyl (C=O) groups is 1. The fraction of sp³-hybridized carbons (Fsp3) is 0.188. The number of carbonyl (C=O) groups excluding carboxylic acids is 1. The Morgan fingerprint density at radius 1 is 1.18 bits per heavy atom. The molecular weight excluding hydrogens is 298 g/mol. The maximum atomic E-state index is 12.7. The van der Waals surface area contributed by atoms with Crippen molar-refractivity contribution >= 4 is 33.0 Å². The molecule has 0 radical (unpaired) electrons. The van der Waals surface area contributed by atoms with Gasteiger partial charge in [0.2, 0.25) is 5.78 Å². The first-order valence-electron chi connectivity index (χ1n) is 6.73. The fourth-order valence-electron chi connectivity index (χ4n) is 2.28. The summed E-state index contributed by atoms with van der Waals surface area (Å²) in [4.78, 5) is 13.9. The lowest BCUT2D eigenvalue weighted by atomic mass is 10.1. The molecule has 1 aromatic carbocycles. The van der Waals surface area contributed by atoms with Crippen molar-refractivity contribution in [2.45, 2.75) is 13.8 Å². The third-order valence-corrected chi connectivity index (χ3v) is 4.78. The summed E-state index contributed by atoms with van der Waals surface area (Å²) in [5.74, 6) is 0.596. The Hall–Kier alpha value is -2.47. The highest BCUT2D eigenvalue weighted by Gasteiger charge is 2.20. The van der Waals surface area contributed by atoms with Gasteiger partial charge < -0.3 is 10.5 Å². The Morgan fingerprint density at radius 3 is 2.50 bits per heavy atom. The second-order valence-corrected chi connectivity index (χ2v) is 5.99. The highest BCUT2D eigenvalue weighted by molar-refractivity contribution is 7.21. The molecular formula is C16H15N3O2S. The Morgan fingerprint density at radius 2 is 1.86 bits per heavy atom. The average Bonchev–Trinajstić information content (AvgIpc) is 2.88. The van der Waals surface area contributed by atoms with Crippen LogP contribution in [0.25, 0.3) is 10.2 Å². The van der Waals surface area contributed by atoms with Crippen LogP contribution in [0.1, 0.15) is 26.5 Å². The molecule has 0 atom stereocenters. The lowest BCUT2D eigenvalue weighted by Crippen LogP contribution is -2.02. The van der Waals surface area contributed by atoms with E-state index in [1.165, 1.54) is 11.3 Å². The molecule has 5 nitrogen and oxygen atoms in total. The largest absolute Gasteiger partial charge is 0.497 e. The standard InChI is InChI=1S/C16H15N3O2S/c1-8-9(2)18-19-16-12(8)13(17)15(22-16)14(20)10-4-6-11(21-3)7-5-10/h4-7H,17H2,1-3H3. The number of nitrogens with zero attached hydrogens (tertiary/aromatic N) is 2. The Bertz CT molecular complexity index is 869. The molecule has 2 aromatic heterocycles. The molecule has 22 heavy (non-hydrogen) atoms. The number of ether oxygens (including phenoxy) is 1. The molecule has 0 saturated carbocycles. The van der Waals surface area contributed by atoms with E-state index in [1.807, 2.05) is 13.8 Å². The highest BCUT2D eigenvalue weighted by Crippen LogP contribution is 2.36. The maximum Gasteiger partial charge on any atom is 0.205 e. The summed E-state index contributed by atoms with van der Waals surface area (Å²) in [6, 6.07) is 6.97. The van der Waals surface area contributed by atoms with Crippen LogP contribution >= 0.6 is 11.3 Å². The van der Waals surface area contributed by atoms with Crippen LogP contribution in [0.5, 0.6) is 5.75 Å². The van der Waals surface area contributed by atoms with Crippen LogP contribution in [0.2, 0.25) is 0 Å². The quantitative estimate of drug-likeness (QED) is 0.752. The molecule has 0 aliphatic heterocycles. The number of rotatable bonds is 3. The zero-order chi connectivity index (χ0) is 15.9. The summed E-state index contributed by atoms with van der Waals surface area (Å²) in [5.41, 5.74) is 9.04. The first-order valence-corrected chi connectivity index (χ1v) is 7.55. The molecule has 0 fully saturated rings. The zero-order valence-electron chi connectivity index (χ0n) is 12.5. The smallest absolute Gasteiger partial charge is 0.205 e. The summed E-state index contributed by atoms with van der Waals surface area (Å²) >= 11 is 1.28. The minimum Gasteiger partial charge on any atom is -0.497 e. The molecule has 0 aliphatic rings. The number of fused-ring (bicyclic) bond motifs is 1. The van der Waals surface area contributed by atoms with Gasteiger partial charge in [-0.15, -0.1) is 16.4 Å². The molecule has 0 bridgehead atoms. The van der Waals surface area contributed by atoms with Crippen molar-refractivity contribution in [1.29, 1.82) is 0 Å². The molecule has 112 valence electrons. The van der Waals surface area contributed by atoms with E-state index < -0.39 is 0 Å². The van der Waals surface area contributed by atoms with Crippen LogP contribution in [0.4, 0.5) is 5.69 Å². The number of aryl methyl sites for hydroxylation is 2. The van der Waals surface area contributed by atoms with Crippen molar-refractivity contribution in [2.24, 2.45) is 0 Å². The molecule has 0 aliphatic carbocycles. The lowest BCUT2D eigenvalue weighted by molar-refractivity contribution is 0.104. The third kappa shape index (κ3) is 2.21. The number of hydrogen-bond acceptors (Lipinski definition) is 6. The van der Waals surface area contributed by atoms with E-state index in [2.05, 4.69) is 10.2 Å². The van der Waals surface area contributed by atoms with Gasteiger partial charge in [0.05, 0.1) is 18.5 Å². The summed E-state index contributed by atoms with van der Waals surface area (Å²) in [5, 5.41) is 9.06. The SMILES string of the molecule is COc1ccc(C(=O)c2sc3nnc(C)c(C)c3c2N)cc1. The van der Waals surface area contributed by atoms with Gasteiger partial charge in [-0.25, -0.2) is 0 Å². The molecule has 0 saturated heterocycles. The van der Waals surface area contributed by atoms with Crippen molar-refractivity contribution in [3.05, 3.63) is 46.0 Å². The predicted octanol–water partition coefficient (Wildman–Crippen LogP) is 3.13. The number of nitrogen functional groups attached to an aromatic ring is 1. The summed E-state index contributed by atoms with van der Waals surface area (Å²) in [6.07, 6.45) is 0. The monoisotopic (exact) mass is 313 g/mol. The van der Waals surface area contributed by atoms with Gasteiger partial charge in [0.25, 0.3) is 0 Å². The van der Waals surface area contributed by atoms with E-state index in [-0.39, 0.29) is 5.78 Å². The van der Waals surface area contributed by atoms with Crippen LogP contribution in [0, 0.1) is 13.8 Å². The number of aromatic nitrogens is 2. The lowest BCUT2D eigenvalue weighted by Gasteiger charge is -2.03. The first kappa shape index (κ1) is 14.5. The van der Waals surface area contributed by atoms with Crippen molar-refractivity contribution < 1.29 is 9.53 Å². The van der Waals surface area contributed by atoms with Gasteiger partial charge in [-0.3, -0.25) is 4.79 Å². The Kier molecular flexibility index (Phi) is 3.54. The molecule has 3 rings (SSSR count). The number of nitrogens with two attached hydrogens (primary N) is 1. The van der Waals surface area contributed by atoms with Crippen LogP contribution in [-0.4, -0.2) is 23.1 Å². The van der Waals surface area contributed by atoms with Crippen molar-refractivity contribution in [2.75, 3.05) is 12.8 Å². The summed E-state index contributed by atoms with van der Waals surface area (Å²) in [7, 11) is 1.59. The van der Waals surface area contributed by atoms with Crippen LogP contribution < -0.4 is 10.5 Å². The average molecular weight is 313 g/mol. The van der Waals surface area contributed by atoms with E-state index in [0.29, 0.717) is 26.7 Å². The number of benzene rings is 1. The molecule has 2 heterocycles. The number of methoxy groups -OCH3 is 1. The maximum absolute atomic E-state index is 12.7. The van der Waals surface area contributed by atoms with Crippen molar-refractivity contribution in [3.63, 3.8) is 0 Å². The van der Waals surface area contributed by atoms with Crippen LogP contribution in [-0.2, 0) is 0 Å². The van der Waals surface area contributed by atoms with Gasteiger partial charge in [-0.05, 0) is 43.7 Å². The van der Waals surface area contributed by atoms with E-state index in [9.17, 15) is 4.79 Å². The van der Waals surface area contributed by atoms with E-state index in [4.69, 9.17) is 10.5 Å². The normalized spacial score (nSPS) is 10.9. The van der Waals surface area contributed by atoms with Gasteiger partial charge >= 0.3 is 0 Å². The predicted molar refractivity (Wildman–Crippen MR) is 87.7 cm³/mol. The number of thiophene rings is 1. The van der Waals surface area contributed by atoms with Gasteiger partial charge in [0.15, 0.2) is 0 Å². The van der Waals surface area contributed by atoms with Gasteiger partial charge in [0, 0.05) is 10.9 Å². The first-order chi connectivity index (χ1) is 10.5. The summed E-state index contributed by atoms with van der Waals surface area (Å²) in [6.45, 7) is 3.82. The van der Waals surface area contributed by atoms with E-state index in [0.717, 1.165) is 16.6 Å². The second-order valence-electron chi connectivity index (χ2n) is 4.99. The molecule has 3 aromatic rings. The molecule has 6 heteroatoms. The van der Waals surface area contributed by atoms with Crippen LogP contribution in [0.15, 0.2) is 24.3 Å². The molecule has 2 N–H and O–H groups in total.